The topological polar surface area (TPSA) is 22.0 Å². The molecule has 0 N–H and O–H groups in total. The first-order chi connectivity index (χ1) is 5.70. The third-order valence-corrected chi connectivity index (χ3v) is 2.65. The van der Waals surface area contributed by atoms with Gasteiger partial charge in [0.15, 0.2) is 0 Å². The van der Waals surface area contributed by atoms with Crippen molar-refractivity contribution in [2.75, 3.05) is 0 Å². The lowest BCUT2D eigenvalue weighted by molar-refractivity contribution is 0.619. The Bertz CT molecular complexity index is 485. The lowest BCUT2D eigenvalue weighted by atomic mass is 10.3. The number of aryl methyl sites for hydroxylation is 1. The lowest BCUT2D eigenvalue weighted by Crippen LogP contribution is -2.15. The minimum atomic E-state index is -0.339. The summed E-state index contributed by atoms with van der Waals surface area (Å²) in [6.07, 6.45) is 1.21. The number of pyridine rings is 1. The van der Waals surface area contributed by atoms with E-state index in [9.17, 15) is 9.18 Å². The first kappa shape index (κ1) is 7.49. The van der Waals surface area contributed by atoms with Crippen LogP contribution in [0.3, 0.4) is 0 Å². The number of rotatable bonds is 0. The van der Waals surface area contributed by atoms with Gasteiger partial charge in [-0.15, -0.1) is 11.3 Å². The summed E-state index contributed by atoms with van der Waals surface area (Å²) in [5.41, 5.74) is -0.138. The molecule has 0 aliphatic carbocycles. The van der Waals surface area contributed by atoms with Crippen molar-refractivity contribution >= 4 is 21.4 Å². The molecular weight excluding hydrogens is 177 g/mol. The molecule has 0 amide bonds. The Morgan fingerprint density at radius 1 is 1.58 bits per heavy atom. The molecule has 0 atom stereocenters. The molecule has 0 fully saturated rings. The van der Waals surface area contributed by atoms with Crippen LogP contribution >= 0.6 is 11.3 Å². The predicted octanol–water partition coefficient (Wildman–Crippen LogP) is 1.74. The van der Waals surface area contributed by atoms with Crippen LogP contribution in [0.2, 0.25) is 0 Å². The molecule has 0 unspecified atom stereocenters. The zero-order valence-electron chi connectivity index (χ0n) is 6.37. The second-order valence-electron chi connectivity index (χ2n) is 2.56. The zero-order valence-corrected chi connectivity index (χ0v) is 7.19. The molecule has 12 heavy (non-hydrogen) atoms. The third kappa shape index (κ3) is 0.881. The maximum absolute atomic E-state index is 13.1. The van der Waals surface area contributed by atoms with Crippen LogP contribution in [0.4, 0.5) is 4.39 Å². The van der Waals surface area contributed by atoms with Crippen molar-refractivity contribution < 1.29 is 4.39 Å². The van der Waals surface area contributed by atoms with Crippen molar-refractivity contribution in [2.45, 2.75) is 0 Å². The highest BCUT2D eigenvalue weighted by Gasteiger charge is 2.06. The van der Waals surface area contributed by atoms with E-state index in [0.29, 0.717) is 10.1 Å². The van der Waals surface area contributed by atoms with Gasteiger partial charge in [-0.2, -0.15) is 0 Å². The molecule has 62 valence electrons. The van der Waals surface area contributed by atoms with Gasteiger partial charge in [-0.25, -0.2) is 4.39 Å². The lowest BCUT2D eigenvalue weighted by Gasteiger charge is -1.97. The van der Waals surface area contributed by atoms with E-state index in [1.165, 1.54) is 22.1 Å². The van der Waals surface area contributed by atoms with E-state index < -0.39 is 0 Å². The molecule has 0 aliphatic rings. The van der Waals surface area contributed by atoms with Gasteiger partial charge < -0.3 is 4.57 Å². The van der Waals surface area contributed by atoms with E-state index in [0.717, 1.165) is 0 Å². The Balaban J connectivity index is 3.07. The SMILES string of the molecule is Cn1cc(F)c2ccsc2c1=O. The van der Waals surface area contributed by atoms with Crippen LogP contribution in [0.25, 0.3) is 10.1 Å². The van der Waals surface area contributed by atoms with Gasteiger partial charge >= 0.3 is 0 Å². The second kappa shape index (κ2) is 2.42. The first-order valence-electron chi connectivity index (χ1n) is 3.42. The number of hydrogen-bond donors (Lipinski definition) is 0. The summed E-state index contributed by atoms with van der Waals surface area (Å²) >= 11 is 1.27. The molecule has 2 nitrogen and oxygen atoms in total. The van der Waals surface area contributed by atoms with E-state index in [1.54, 1.807) is 18.5 Å². The van der Waals surface area contributed by atoms with E-state index >= 15 is 0 Å². The van der Waals surface area contributed by atoms with Gasteiger partial charge in [0.1, 0.15) is 10.5 Å². The van der Waals surface area contributed by atoms with Crippen molar-refractivity contribution in [3.05, 3.63) is 33.8 Å². The van der Waals surface area contributed by atoms with Crippen LogP contribution in [0.15, 0.2) is 22.4 Å². The van der Waals surface area contributed by atoms with Gasteiger partial charge in [0.25, 0.3) is 5.56 Å². The molecule has 2 aromatic heterocycles. The molecule has 0 saturated carbocycles. The fraction of sp³-hybridized carbons (Fsp3) is 0.125. The highest BCUT2D eigenvalue weighted by molar-refractivity contribution is 7.17. The molecule has 2 aromatic rings. The van der Waals surface area contributed by atoms with Gasteiger partial charge in [0.05, 0.1) is 0 Å². The Hall–Kier alpha value is -1.16. The van der Waals surface area contributed by atoms with E-state index in [-0.39, 0.29) is 11.4 Å². The molecule has 2 rings (SSSR count). The number of nitrogens with zero attached hydrogens (tertiary/aromatic N) is 1. The summed E-state index contributed by atoms with van der Waals surface area (Å²) in [6.45, 7) is 0. The molecule has 0 spiro atoms. The standard InChI is InChI=1S/C8H6FNOS/c1-10-4-6(9)5-2-3-12-7(5)8(10)11/h2-4H,1H3. The largest absolute Gasteiger partial charge is 0.314 e. The highest BCUT2D eigenvalue weighted by atomic mass is 32.1. The number of thiophene rings is 1. The highest BCUT2D eigenvalue weighted by Crippen LogP contribution is 2.18. The molecule has 0 bridgehead atoms. The van der Waals surface area contributed by atoms with Crippen molar-refractivity contribution in [1.29, 1.82) is 0 Å². The monoisotopic (exact) mass is 183 g/mol. The summed E-state index contributed by atoms with van der Waals surface area (Å²) in [6, 6.07) is 1.62. The molecule has 0 aromatic carbocycles. The van der Waals surface area contributed by atoms with Crippen LogP contribution in [0.5, 0.6) is 0 Å². The molecule has 0 saturated heterocycles. The fourth-order valence-corrected chi connectivity index (χ4v) is 2.00. The smallest absolute Gasteiger partial charge is 0.268 e. The summed E-state index contributed by atoms with van der Waals surface area (Å²) in [4.78, 5) is 11.3. The average Bonchev–Trinajstić information content (AvgIpc) is 2.48. The third-order valence-electron chi connectivity index (χ3n) is 1.74. The minimum Gasteiger partial charge on any atom is -0.314 e. The number of halogens is 1. The van der Waals surface area contributed by atoms with E-state index in [4.69, 9.17) is 0 Å². The van der Waals surface area contributed by atoms with E-state index in [1.807, 2.05) is 0 Å². The van der Waals surface area contributed by atoms with Crippen LogP contribution in [0.1, 0.15) is 0 Å². The number of fused-ring (bicyclic) bond motifs is 1. The van der Waals surface area contributed by atoms with Crippen LogP contribution in [-0.2, 0) is 7.05 Å². The van der Waals surface area contributed by atoms with Crippen LogP contribution in [-0.4, -0.2) is 4.57 Å². The van der Waals surface area contributed by atoms with Crippen LogP contribution < -0.4 is 5.56 Å². The normalized spacial score (nSPS) is 10.8. The van der Waals surface area contributed by atoms with Gasteiger partial charge in [-0.3, -0.25) is 4.79 Å². The Labute approximate surface area is 71.9 Å². The Kier molecular flexibility index (Phi) is 1.51. The second-order valence-corrected chi connectivity index (χ2v) is 3.47. The van der Waals surface area contributed by atoms with Gasteiger partial charge in [-0.1, -0.05) is 0 Å². The first-order valence-corrected chi connectivity index (χ1v) is 4.30. The Morgan fingerprint density at radius 3 is 3.08 bits per heavy atom. The maximum Gasteiger partial charge on any atom is 0.268 e. The van der Waals surface area contributed by atoms with Gasteiger partial charge in [-0.05, 0) is 11.4 Å². The van der Waals surface area contributed by atoms with Gasteiger partial charge in [0.2, 0.25) is 0 Å². The quantitative estimate of drug-likeness (QED) is 0.609. The van der Waals surface area contributed by atoms with Crippen molar-refractivity contribution in [1.82, 2.24) is 4.57 Å². The minimum absolute atomic E-state index is 0.138. The number of hydrogen-bond acceptors (Lipinski definition) is 2. The predicted molar refractivity (Wildman–Crippen MR) is 47.0 cm³/mol. The van der Waals surface area contributed by atoms with E-state index in [2.05, 4.69) is 0 Å². The average molecular weight is 183 g/mol. The molecular formula is C8H6FNOS. The molecule has 2 heterocycles. The summed E-state index contributed by atoms with van der Waals surface area (Å²) in [5, 5.41) is 2.14. The summed E-state index contributed by atoms with van der Waals surface area (Å²) in [5.74, 6) is -0.339. The fourth-order valence-electron chi connectivity index (χ4n) is 1.12. The number of aromatic nitrogens is 1. The van der Waals surface area contributed by atoms with Gasteiger partial charge in [0, 0.05) is 18.6 Å². The Morgan fingerprint density at radius 2 is 2.33 bits per heavy atom. The van der Waals surface area contributed by atoms with Crippen molar-refractivity contribution in [3.8, 4) is 0 Å². The zero-order chi connectivity index (χ0) is 8.72. The maximum atomic E-state index is 13.1. The van der Waals surface area contributed by atoms with Crippen molar-refractivity contribution in [2.24, 2.45) is 7.05 Å². The summed E-state index contributed by atoms with van der Waals surface area (Å²) in [7, 11) is 1.55. The molecule has 0 radical (unpaired) electrons. The van der Waals surface area contributed by atoms with Crippen LogP contribution in [0, 0.1) is 5.82 Å². The van der Waals surface area contributed by atoms with Crippen molar-refractivity contribution in [3.63, 3.8) is 0 Å². The summed E-state index contributed by atoms with van der Waals surface area (Å²) < 4.78 is 14.8. The molecule has 0 aliphatic heterocycles. The molecule has 4 heteroatoms.